The highest BCUT2D eigenvalue weighted by Gasteiger charge is 2.37. The molecule has 3 heteroatoms. The van der Waals surface area contributed by atoms with Gasteiger partial charge >= 0.3 is 0 Å². The van der Waals surface area contributed by atoms with Crippen LogP contribution in [0.15, 0.2) is 18.2 Å². The molecule has 1 atom stereocenters. The second-order valence-electron chi connectivity index (χ2n) is 5.32. The van der Waals surface area contributed by atoms with Crippen molar-refractivity contribution in [2.75, 3.05) is 13.2 Å². The van der Waals surface area contributed by atoms with Crippen LogP contribution < -0.4 is 5.32 Å². The molecule has 0 radical (unpaired) electrons. The molecule has 0 saturated heterocycles. The molecule has 2 nitrogen and oxygen atoms in total. The van der Waals surface area contributed by atoms with Gasteiger partial charge in [0, 0.05) is 0 Å². The molecule has 0 bridgehead atoms. The van der Waals surface area contributed by atoms with Crippen molar-refractivity contribution in [3.8, 4) is 0 Å². The van der Waals surface area contributed by atoms with Gasteiger partial charge in [-0.25, -0.2) is 4.39 Å². The molecular weight excluding hydrogens is 217 g/mol. The van der Waals surface area contributed by atoms with Crippen LogP contribution in [-0.4, -0.2) is 18.3 Å². The second-order valence-corrected chi connectivity index (χ2v) is 5.32. The van der Waals surface area contributed by atoms with E-state index >= 15 is 0 Å². The van der Waals surface area contributed by atoms with E-state index in [0.29, 0.717) is 5.92 Å². The first-order valence-electron chi connectivity index (χ1n) is 6.22. The second kappa shape index (κ2) is 4.75. The summed E-state index contributed by atoms with van der Waals surface area (Å²) in [5, 5.41) is 13.1. The number of aliphatic hydroxyl groups is 1. The van der Waals surface area contributed by atoms with Crippen LogP contribution >= 0.6 is 0 Å². The van der Waals surface area contributed by atoms with E-state index in [2.05, 4.69) is 19.2 Å². The van der Waals surface area contributed by atoms with Crippen LogP contribution in [0.1, 0.15) is 31.4 Å². The molecule has 94 valence electrons. The third-order valence-corrected chi connectivity index (χ3v) is 3.52. The molecule has 1 unspecified atom stereocenters. The monoisotopic (exact) mass is 237 g/mol. The number of halogens is 1. The maximum atomic E-state index is 13.1. The summed E-state index contributed by atoms with van der Waals surface area (Å²) >= 11 is 0. The summed E-state index contributed by atoms with van der Waals surface area (Å²) in [5.74, 6) is 0.337. The Morgan fingerprint density at radius 2 is 2.24 bits per heavy atom. The van der Waals surface area contributed by atoms with Gasteiger partial charge in [0.2, 0.25) is 0 Å². The van der Waals surface area contributed by atoms with Gasteiger partial charge in [0.05, 0.1) is 12.1 Å². The Bertz CT molecular complexity index is 405. The van der Waals surface area contributed by atoms with Crippen molar-refractivity contribution in [2.45, 2.75) is 32.2 Å². The van der Waals surface area contributed by atoms with Crippen LogP contribution in [0.2, 0.25) is 0 Å². The lowest BCUT2D eigenvalue weighted by Crippen LogP contribution is -2.45. The fourth-order valence-electron chi connectivity index (χ4n) is 2.52. The molecule has 1 aromatic carbocycles. The molecule has 0 amide bonds. The van der Waals surface area contributed by atoms with E-state index in [1.165, 1.54) is 6.07 Å². The van der Waals surface area contributed by atoms with Gasteiger partial charge in [-0.15, -0.1) is 0 Å². The fourth-order valence-corrected chi connectivity index (χ4v) is 2.52. The third kappa shape index (κ3) is 2.35. The van der Waals surface area contributed by atoms with Crippen LogP contribution in [0.4, 0.5) is 4.39 Å². The van der Waals surface area contributed by atoms with Crippen molar-refractivity contribution < 1.29 is 9.50 Å². The fraction of sp³-hybridized carbons (Fsp3) is 0.571. The number of rotatable bonds is 4. The minimum absolute atomic E-state index is 0.0678. The minimum Gasteiger partial charge on any atom is -0.394 e. The Morgan fingerprint density at radius 1 is 1.47 bits per heavy atom. The Kier molecular flexibility index (Phi) is 3.50. The largest absolute Gasteiger partial charge is 0.394 e. The van der Waals surface area contributed by atoms with Gasteiger partial charge in [-0.3, -0.25) is 0 Å². The van der Waals surface area contributed by atoms with Crippen molar-refractivity contribution in [1.82, 2.24) is 5.32 Å². The van der Waals surface area contributed by atoms with Gasteiger partial charge in [0.15, 0.2) is 0 Å². The maximum absolute atomic E-state index is 13.1. The van der Waals surface area contributed by atoms with E-state index in [1.807, 2.05) is 0 Å². The normalized spacial score (nSPS) is 23.1. The SMILES string of the molecule is CC(C)CNC1(CO)CCc2cc(F)ccc21. The molecular formula is C14H20FNO. The van der Waals surface area contributed by atoms with Crippen molar-refractivity contribution in [1.29, 1.82) is 0 Å². The van der Waals surface area contributed by atoms with E-state index in [0.717, 1.165) is 30.5 Å². The lowest BCUT2D eigenvalue weighted by Gasteiger charge is -2.30. The van der Waals surface area contributed by atoms with E-state index in [4.69, 9.17) is 0 Å². The van der Waals surface area contributed by atoms with Gasteiger partial charge in [-0.2, -0.15) is 0 Å². The lowest BCUT2D eigenvalue weighted by molar-refractivity contribution is 0.156. The third-order valence-electron chi connectivity index (χ3n) is 3.52. The summed E-state index contributed by atoms with van der Waals surface area (Å²) in [6.07, 6.45) is 1.67. The van der Waals surface area contributed by atoms with Gasteiger partial charge in [-0.1, -0.05) is 19.9 Å². The van der Waals surface area contributed by atoms with Crippen LogP contribution in [0.25, 0.3) is 0 Å². The minimum atomic E-state index is -0.368. The summed E-state index contributed by atoms with van der Waals surface area (Å²) in [5.41, 5.74) is 1.71. The Hall–Kier alpha value is -0.930. The zero-order valence-electron chi connectivity index (χ0n) is 10.5. The number of fused-ring (bicyclic) bond motifs is 1. The van der Waals surface area contributed by atoms with Gasteiger partial charge < -0.3 is 10.4 Å². The summed E-state index contributed by atoms with van der Waals surface area (Å²) in [6.45, 7) is 5.20. The van der Waals surface area contributed by atoms with Crippen LogP contribution in [0.5, 0.6) is 0 Å². The highest BCUT2D eigenvalue weighted by atomic mass is 19.1. The van der Waals surface area contributed by atoms with Crippen molar-refractivity contribution in [3.05, 3.63) is 35.1 Å². The van der Waals surface area contributed by atoms with Gasteiger partial charge in [-0.05, 0) is 48.6 Å². The van der Waals surface area contributed by atoms with Crippen LogP contribution in [0.3, 0.4) is 0 Å². The zero-order valence-corrected chi connectivity index (χ0v) is 10.5. The van der Waals surface area contributed by atoms with Gasteiger partial charge in [0.1, 0.15) is 5.82 Å². The van der Waals surface area contributed by atoms with Crippen LogP contribution in [-0.2, 0) is 12.0 Å². The number of benzene rings is 1. The molecule has 0 aliphatic heterocycles. The van der Waals surface area contributed by atoms with Gasteiger partial charge in [0.25, 0.3) is 0 Å². The molecule has 0 spiro atoms. The van der Waals surface area contributed by atoms with E-state index in [-0.39, 0.29) is 18.0 Å². The molecule has 0 fully saturated rings. The number of hydrogen-bond donors (Lipinski definition) is 2. The number of hydrogen-bond acceptors (Lipinski definition) is 2. The summed E-state index contributed by atoms with van der Waals surface area (Å²) < 4.78 is 13.1. The predicted molar refractivity (Wildman–Crippen MR) is 66.3 cm³/mol. The molecule has 2 N–H and O–H groups in total. The highest BCUT2D eigenvalue weighted by molar-refractivity contribution is 5.39. The van der Waals surface area contributed by atoms with Crippen molar-refractivity contribution in [2.24, 2.45) is 5.92 Å². The maximum Gasteiger partial charge on any atom is 0.123 e. The lowest BCUT2D eigenvalue weighted by atomic mass is 9.92. The topological polar surface area (TPSA) is 32.3 Å². The first-order valence-corrected chi connectivity index (χ1v) is 6.22. The average molecular weight is 237 g/mol. The summed E-state index contributed by atoms with van der Waals surface area (Å²) in [4.78, 5) is 0. The van der Waals surface area contributed by atoms with Crippen molar-refractivity contribution in [3.63, 3.8) is 0 Å². The quantitative estimate of drug-likeness (QED) is 0.841. The Balaban J connectivity index is 2.27. The van der Waals surface area contributed by atoms with Crippen LogP contribution in [0, 0.1) is 11.7 Å². The first-order chi connectivity index (χ1) is 8.07. The molecule has 17 heavy (non-hydrogen) atoms. The Morgan fingerprint density at radius 3 is 2.88 bits per heavy atom. The molecule has 0 saturated carbocycles. The molecule has 0 heterocycles. The molecule has 2 rings (SSSR count). The number of aliphatic hydroxyl groups excluding tert-OH is 1. The first kappa shape index (κ1) is 12.5. The zero-order chi connectivity index (χ0) is 12.5. The highest BCUT2D eigenvalue weighted by Crippen LogP contribution is 2.37. The number of nitrogens with one attached hydrogen (secondary N) is 1. The standard InChI is InChI=1S/C14H20FNO/c1-10(2)8-16-14(9-17)6-5-11-7-12(15)3-4-13(11)14/h3-4,7,10,16-17H,5-6,8-9H2,1-2H3. The predicted octanol–water partition coefficient (Wildman–Crippen LogP) is 2.21. The van der Waals surface area contributed by atoms with E-state index in [9.17, 15) is 9.50 Å². The number of aryl methyl sites for hydroxylation is 1. The Labute approximate surface area is 102 Å². The molecule has 1 aliphatic rings. The summed E-state index contributed by atoms with van der Waals surface area (Å²) in [7, 11) is 0. The van der Waals surface area contributed by atoms with E-state index < -0.39 is 0 Å². The molecule has 0 aromatic heterocycles. The molecule has 1 aromatic rings. The summed E-state index contributed by atoms with van der Waals surface area (Å²) in [6, 6.07) is 4.87. The average Bonchev–Trinajstić information content (AvgIpc) is 2.65. The molecule has 1 aliphatic carbocycles. The van der Waals surface area contributed by atoms with E-state index in [1.54, 1.807) is 12.1 Å². The smallest absolute Gasteiger partial charge is 0.123 e. The van der Waals surface area contributed by atoms with Crippen molar-refractivity contribution >= 4 is 0 Å².